The highest BCUT2D eigenvalue weighted by Gasteiger charge is 2.11. The number of carbonyl (C=O) groups is 3. The van der Waals surface area contributed by atoms with Crippen LogP contribution in [0, 0.1) is 0 Å². The Morgan fingerprint density at radius 3 is 2.58 bits per heavy atom. The van der Waals surface area contributed by atoms with Gasteiger partial charge in [-0.3, -0.25) is 20.4 Å². The van der Waals surface area contributed by atoms with Gasteiger partial charge in [-0.05, 0) is 35.9 Å². The van der Waals surface area contributed by atoms with Gasteiger partial charge in [-0.2, -0.15) is 0 Å². The van der Waals surface area contributed by atoms with E-state index in [1.165, 1.54) is 12.1 Å². The molecule has 2 amide bonds. The van der Waals surface area contributed by atoms with Gasteiger partial charge in [0.25, 0.3) is 11.8 Å². The minimum absolute atomic E-state index is 0.211. The Labute approximate surface area is 163 Å². The fraction of sp³-hybridized carbons (Fsp3) is 0.0556. The first-order valence-electron chi connectivity index (χ1n) is 7.40. The minimum Gasteiger partial charge on any atom is -0.452 e. The SMILES string of the molecule is O=C(COC(=O)/C=C/c1cccc(Br)c1)NNC(=O)c1ccccc1Cl. The minimum atomic E-state index is -0.686. The fourth-order valence-corrected chi connectivity index (χ4v) is 2.47. The fourth-order valence-electron chi connectivity index (χ4n) is 1.83. The predicted molar refractivity (Wildman–Crippen MR) is 101 cm³/mol. The Balaban J connectivity index is 1.75. The normalized spacial score (nSPS) is 10.4. The summed E-state index contributed by atoms with van der Waals surface area (Å²) in [5, 5.41) is 0.253. The largest absolute Gasteiger partial charge is 0.452 e. The molecule has 2 rings (SSSR count). The lowest BCUT2D eigenvalue weighted by atomic mass is 10.2. The van der Waals surface area contributed by atoms with Crippen molar-refractivity contribution in [2.45, 2.75) is 0 Å². The Morgan fingerprint density at radius 1 is 1.08 bits per heavy atom. The molecule has 0 heterocycles. The van der Waals surface area contributed by atoms with Crippen molar-refractivity contribution < 1.29 is 19.1 Å². The lowest BCUT2D eigenvalue weighted by Gasteiger charge is -2.08. The summed E-state index contributed by atoms with van der Waals surface area (Å²) in [7, 11) is 0. The van der Waals surface area contributed by atoms with E-state index in [9.17, 15) is 14.4 Å². The van der Waals surface area contributed by atoms with Crippen molar-refractivity contribution in [3.05, 3.63) is 75.2 Å². The van der Waals surface area contributed by atoms with Crippen LogP contribution in [0.4, 0.5) is 0 Å². The molecule has 8 heteroatoms. The molecule has 134 valence electrons. The Hall–Kier alpha value is -2.64. The van der Waals surface area contributed by atoms with Gasteiger partial charge in [-0.15, -0.1) is 0 Å². The number of esters is 1. The lowest BCUT2D eigenvalue weighted by molar-refractivity contribution is -0.144. The maximum atomic E-state index is 11.9. The Bertz CT molecular complexity index is 855. The molecule has 0 spiro atoms. The van der Waals surface area contributed by atoms with Crippen molar-refractivity contribution in [2.24, 2.45) is 0 Å². The number of nitrogens with one attached hydrogen (secondary N) is 2. The van der Waals surface area contributed by atoms with Gasteiger partial charge in [-0.1, -0.05) is 51.8 Å². The van der Waals surface area contributed by atoms with E-state index in [2.05, 4.69) is 26.8 Å². The van der Waals surface area contributed by atoms with Crippen molar-refractivity contribution >= 4 is 51.4 Å². The summed E-state index contributed by atoms with van der Waals surface area (Å²) in [6.45, 7) is -0.537. The van der Waals surface area contributed by atoms with Crippen molar-refractivity contribution in [1.82, 2.24) is 10.9 Å². The van der Waals surface area contributed by atoms with E-state index in [0.29, 0.717) is 0 Å². The molecule has 6 nitrogen and oxygen atoms in total. The van der Waals surface area contributed by atoms with Crippen LogP contribution in [0.15, 0.2) is 59.1 Å². The summed E-state index contributed by atoms with van der Waals surface area (Å²) in [4.78, 5) is 35.1. The first-order chi connectivity index (χ1) is 12.5. The molecule has 26 heavy (non-hydrogen) atoms. The van der Waals surface area contributed by atoms with E-state index in [-0.39, 0.29) is 10.6 Å². The highest BCUT2D eigenvalue weighted by Crippen LogP contribution is 2.14. The second-order valence-corrected chi connectivity index (χ2v) is 6.30. The van der Waals surface area contributed by atoms with Gasteiger partial charge < -0.3 is 4.74 Å². The molecular formula is C18H14BrClN2O4. The zero-order valence-corrected chi connectivity index (χ0v) is 15.7. The number of hydrazine groups is 1. The second kappa shape index (κ2) is 9.74. The van der Waals surface area contributed by atoms with Crippen LogP contribution in [-0.2, 0) is 14.3 Å². The number of hydrogen-bond acceptors (Lipinski definition) is 4. The van der Waals surface area contributed by atoms with Crippen LogP contribution in [0.25, 0.3) is 6.08 Å². The van der Waals surface area contributed by atoms with Crippen LogP contribution in [0.5, 0.6) is 0 Å². The molecule has 0 radical (unpaired) electrons. The number of ether oxygens (including phenoxy) is 1. The summed E-state index contributed by atoms with van der Waals surface area (Å²) in [6.07, 6.45) is 2.77. The van der Waals surface area contributed by atoms with Crippen LogP contribution in [0.3, 0.4) is 0 Å². The number of rotatable bonds is 5. The number of hydrogen-bond donors (Lipinski definition) is 2. The topological polar surface area (TPSA) is 84.5 Å². The standard InChI is InChI=1S/C18H14BrClN2O4/c19-13-5-3-4-12(10-13)8-9-17(24)26-11-16(23)21-22-18(25)14-6-1-2-7-15(14)20/h1-10H,11H2,(H,21,23)(H,22,25)/b9-8+. The maximum absolute atomic E-state index is 11.9. The van der Waals surface area contributed by atoms with E-state index in [1.807, 2.05) is 24.3 Å². The van der Waals surface area contributed by atoms with Crippen LogP contribution < -0.4 is 10.9 Å². The zero-order chi connectivity index (χ0) is 18.9. The molecule has 2 aromatic rings. The van der Waals surface area contributed by atoms with Crippen LogP contribution in [0.1, 0.15) is 15.9 Å². The molecule has 0 aliphatic rings. The smallest absolute Gasteiger partial charge is 0.331 e. The van der Waals surface area contributed by atoms with Crippen molar-refractivity contribution in [2.75, 3.05) is 6.61 Å². The van der Waals surface area contributed by atoms with Gasteiger partial charge in [-0.25, -0.2) is 4.79 Å². The molecule has 0 saturated heterocycles. The number of carbonyl (C=O) groups excluding carboxylic acids is 3. The molecule has 0 aromatic heterocycles. The average molecular weight is 438 g/mol. The molecule has 0 fully saturated rings. The van der Waals surface area contributed by atoms with Crippen LogP contribution in [-0.4, -0.2) is 24.4 Å². The van der Waals surface area contributed by atoms with Crippen molar-refractivity contribution in [1.29, 1.82) is 0 Å². The third kappa shape index (κ3) is 6.34. The van der Waals surface area contributed by atoms with E-state index in [4.69, 9.17) is 16.3 Å². The maximum Gasteiger partial charge on any atom is 0.331 e. The number of amides is 2. The third-order valence-electron chi connectivity index (χ3n) is 3.04. The van der Waals surface area contributed by atoms with Gasteiger partial charge >= 0.3 is 5.97 Å². The van der Waals surface area contributed by atoms with Crippen molar-refractivity contribution in [3.63, 3.8) is 0 Å². The number of benzene rings is 2. The molecule has 2 aromatic carbocycles. The zero-order valence-electron chi connectivity index (χ0n) is 13.4. The monoisotopic (exact) mass is 436 g/mol. The predicted octanol–water partition coefficient (Wildman–Crippen LogP) is 3.12. The van der Waals surface area contributed by atoms with Gasteiger partial charge in [0.15, 0.2) is 6.61 Å². The highest BCUT2D eigenvalue weighted by molar-refractivity contribution is 9.10. The molecule has 0 saturated carbocycles. The molecule has 0 aliphatic carbocycles. The van der Waals surface area contributed by atoms with E-state index < -0.39 is 24.4 Å². The van der Waals surface area contributed by atoms with Gasteiger partial charge in [0.05, 0.1) is 10.6 Å². The average Bonchev–Trinajstić information content (AvgIpc) is 2.63. The summed E-state index contributed by atoms with van der Waals surface area (Å²) in [5.74, 6) is -1.95. The molecule has 0 unspecified atom stereocenters. The van der Waals surface area contributed by atoms with Gasteiger partial charge in [0.1, 0.15) is 0 Å². The molecule has 0 aliphatic heterocycles. The summed E-state index contributed by atoms with van der Waals surface area (Å²) in [6, 6.07) is 13.7. The van der Waals surface area contributed by atoms with E-state index in [0.717, 1.165) is 10.0 Å². The summed E-state index contributed by atoms with van der Waals surface area (Å²) >= 11 is 9.20. The highest BCUT2D eigenvalue weighted by atomic mass is 79.9. The van der Waals surface area contributed by atoms with Gasteiger partial charge in [0.2, 0.25) is 0 Å². The molecule has 0 atom stereocenters. The van der Waals surface area contributed by atoms with E-state index >= 15 is 0 Å². The molecule has 0 bridgehead atoms. The van der Waals surface area contributed by atoms with Crippen LogP contribution >= 0.6 is 27.5 Å². The molecular weight excluding hydrogens is 424 g/mol. The Morgan fingerprint density at radius 2 is 1.85 bits per heavy atom. The first kappa shape index (κ1) is 19.7. The number of halogens is 2. The lowest BCUT2D eigenvalue weighted by Crippen LogP contribution is -2.43. The summed E-state index contributed by atoms with van der Waals surface area (Å²) in [5.41, 5.74) is 5.34. The molecule has 2 N–H and O–H groups in total. The van der Waals surface area contributed by atoms with Crippen LogP contribution in [0.2, 0.25) is 5.02 Å². The van der Waals surface area contributed by atoms with E-state index in [1.54, 1.807) is 24.3 Å². The third-order valence-corrected chi connectivity index (χ3v) is 3.86. The first-order valence-corrected chi connectivity index (χ1v) is 8.57. The second-order valence-electron chi connectivity index (χ2n) is 4.98. The Kier molecular flexibility index (Phi) is 7.37. The van der Waals surface area contributed by atoms with Crippen molar-refractivity contribution in [3.8, 4) is 0 Å². The quantitative estimate of drug-likeness (QED) is 0.428. The summed E-state index contributed by atoms with van der Waals surface area (Å²) < 4.78 is 5.67. The van der Waals surface area contributed by atoms with Gasteiger partial charge in [0, 0.05) is 10.5 Å².